The molecule has 2 atom stereocenters. The average Bonchev–Trinajstić information content (AvgIpc) is 3.52. The Morgan fingerprint density at radius 3 is 2.50 bits per heavy atom. The van der Waals surface area contributed by atoms with Crippen LogP contribution in [0, 0.1) is 0 Å². The fourth-order valence-electron chi connectivity index (χ4n) is 4.40. The molecule has 2 amide bonds. The van der Waals surface area contributed by atoms with E-state index in [9.17, 15) is 14.7 Å². The molecule has 4 N–H and O–H groups in total. The van der Waals surface area contributed by atoms with Crippen molar-refractivity contribution in [3.05, 3.63) is 65.2 Å². The Balaban J connectivity index is 1.19. The van der Waals surface area contributed by atoms with Crippen molar-refractivity contribution in [1.82, 2.24) is 10.2 Å². The molecule has 1 saturated carbocycles. The summed E-state index contributed by atoms with van der Waals surface area (Å²) >= 11 is 0. The molecule has 2 aromatic rings. The van der Waals surface area contributed by atoms with Gasteiger partial charge in [-0.05, 0) is 48.9 Å². The maximum absolute atomic E-state index is 12.6. The summed E-state index contributed by atoms with van der Waals surface area (Å²) in [5.74, 6) is -0.0233. The average molecular weight is 408 g/mol. The molecule has 4 rings (SSSR count). The Labute approximate surface area is 177 Å². The SMILES string of the molecule is NC(=O)c1ccc(CCC(=O)N2CCC(NC3CC3c3ccccc3)CC2)cc1O. The topological polar surface area (TPSA) is 95.7 Å². The number of hydrogen-bond donors (Lipinski definition) is 3. The minimum absolute atomic E-state index is 0.102. The predicted octanol–water partition coefficient (Wildman–Crippen LogP) is 2.56. The molecule has 0 spiro atoms. The lowest BCUT2D eigenvalue weighted by Crippen LogP contribution is -2.45. The van der Waals surface area contributed by atoms with Crippen LogP contribution in [0.15, 0.2) is 48.5 Å². The van der Waals surface area contributed by atoms with E-state index in [1.165, 1.54) is 24.1 Å². The third kappa shape index (κ3) is 4.82. The van der Waals surface area contributed by atoms with Crippen molar-refractivity contribution in [2.24, 2.45) is 5.73 Å². The van der Waals surface area contributed by atoms with Gasteiger partial charge in [-0.2, -0.15) is 0 Å². The molecule has 158 valence electrons. The molecule has 2 aromatic carbocycles. The maximum Gasteiger partial charge on any atom is 0.252 e. The molecule has 1 saturated heterocycles. The highest BCUT2D eigenvalue weighted by Crippen LogP contribution is 2.41. The molecule has 6 heteroatoms. The zero-order valence-corrected chi connectivity index (χ0v) is 17.1. The van der Waals surface area contributed by atoms with Gasteiger partial charge in [0.25, 0.3) is 5.91 Å². The highest BCUT2D eigenvalue weighted by Gasteiger charge is 2.39. The Morgan fingerprint density at radius 2 is 1.83 bits per heavy atom. The van der Waals surface area contributed by atoms with Gasteiger partial charge in [0.05, 0.1) is 5.56 Å². The Morgan fingerprint density at radius 1 is 1.10 bits per heavy atom. The summed E-state index contributed by atoms with van der Waals surface area (Å²) in [6, 6.07) is 16.5. The Kier molecular flexibility index (Phi) is 6.04. The van der Waals surface area contributed by atoms with E-state index >= 15 is 0 Å². The number of phenols is 1. The molecule has 0 aromatic heterocycles. The van der Waals surface area contributed by atoms with Crippen LogP contribution in [0.3, 0.4) is 0 Å². The van der Waals surface area contributed by atoms with E-state index in [2.05, 4.69) is 35.6 Å². The number of carbonyl (C=O) groups is 2. The number of primary amides is 1. The predicted molar refractivity (Wildman–Crippen MR) is 115 cm³/mol. The van der Waals surface area contributed by atoms with E-state index in [-0.39, 0.29) is 17.2 Å². The molecule has 2 unspecified atom stereocenters. The smallest absolute Gasteiger partial charge is 0.252 e. The number of carbonyl (C=O) groups excluding carboxylic acids is 2. The number of aromatic hydroxyl groups is 1. The number of nitrogens with zero attached hydrogens (tertiary/aromatic N) is 1. The molecule has 0 radical (unpaired) electrons. The van der Waals surface area contributed by atoms with Crippen LogP contribution in [0.1, 0.15) is 53.1 Å². The molecule has 1 aliphatic carbocycles. The van der Waals surface area contributed by atoms with Crippen LogP contribution < -0.4 is 11.1 Å². The van der Waals surface area contributed by atoms with Gasteiger partial charge in [0.15, 0.2) is 0 Å². The number of benzene rings is 2. The molecule has 1 aliphatic heterocycles. The van der Waals surface area contributed by atoms with Gasteiger partial charge >= 0.3 is 0 Å². The summed E-state index contributed by atoms with van der Waals surface area (Å²) in [7, 11) is 0. The van der Waals surface area contributed by atoms with Crippen LogP contribution >= 0.6 is 0 Å². The lowest BCUT2D eigenvalue weighted by molar-refractivity contribution is -0.132. The summed E-state index contributed by atoms with van der Waals surface area (Å²) < 4.78 is 0. The molecule has 2 fully saturated rings. The number of hydrogen-bond acceptors (Lipinski definition) is 4. The molecule has 30 heavy (non-hydrogen) atoms. The van der Waals surface area contributed by atoms with Crippen LogP contribution in [0.4, 0.5) is 0 Å². The Hall–Kier alpha value is -2.86. The molecule has 1 heterocycles. The number of piperidine rings is 1. The minimum atomic E-state index is -0.659. The van der Waals surface area contributed by atoms with Gasteiger partial charge in [0, 0.05) is 37.5 Å². The van der Waals surface area contributed by atoms with Crippen LogP contribution in [0.25, 0.3) is 0 Å². The fourth-order valence-corrected chi connectivity index (χ4v) is 4.40. The number of rotatable bonds is 7. The van der Waals surface area contributed by atoms with Crippen molar-refractivity contribution >= 4 is 11.8 Å². The third-order valence-electron chi connectivity index (χ3n) is 6.27. The van der Waals surface area contributed by atoms with Crippen LogP contribution in [0.5, 0.6) is 5.75 Å². The first kappa shape index (κ1) is 20.4. The van der Waals surface area contributed by atoms with Crippen molar-refractivity contribution < 1.29 is 14.7 Å². The first-order valence-corrected chi connectivity index (χ1v) is 10.7. The number of likely N-dealkylation sites (tertiary alicyclic amines) is 1. The van der Waals surface area contributed by atoms with Crippen molar-refractivity contribution in [3.63, 3.8) is 0 Å². The van der Waals surface area contributed by atoms with Gasteiger partial charge < -0.3 is 21.1 Å². The number of nitrogens with two attached hydrogens (primary N) is 1. The van der Waals surface area contributed by atoms with Gasteiger partial charge in [-0.15, -0.1) is 0 Å². The lowest BCUT2D eigenvalue weighted by atomic mass is 10.0. The van der Waals surface area contributed by atoms with E-state index in [4.69, 9.17) is 5.73 Å². The third-order valence-corrected chi connectivity index (χ3v) is 6.27. The van der Waals surface area contributed by atoms with Gasteiger partial charge in [-0.25, -0.2) is 0 Å². The Bertz CT molecular complexity index is 907. The molecule has 6 nitrogen and oxygen atoms in total. The van der Waals surface area contributed by atoms with E-state index in [1.807, 2.05) is 4.90 Å². The number of aryl methyl sites for hydroxylation is 1. The molecular formula is C24H29N3O3. The highest BCUT2D eigenvalue weighted by atomic mass is 16.3. The van der Waals surface area contributed by atoms with Crippen molar-refractivity contribution in [2.45, 2.75) is 50.1 Å². The second-order valence-electron chi connectivity index (χ2n) is 8.40. The molecule has 0 bridgehead atoms. The van der Waals surface area contributed by atoms with Crippen LogP contribution in [-0.4, -0.2) is 47.0 Å². The highest BCUT2D eigenvalue weighted by molar-refractivity contribution is 5.95. The summed E-state index contributed by atoms with van der Waals surface area (Å²) in [6.45, 7) is 1.57. The van der Waals surface area contributed by atoms with Gasteiger partial charge in [-0.3, -0.25) is 9.59 Å². The van der Waals surface area contributed by atoms with E-state index in [1.54, 1.807) is 6.07 Å². The number of nitrogens with one attached hydrogen (secondary N) is 1. The van der Waals surface area contributed by atoms with E-state index in [0.717, 1.165) is 31.5 Å². The van der Waals surface area contributed by atoms with Crippen molar-refractivity contribution in [3.8, 4) is 5.75 Å². The van der Waals surface area contributed by atoms with Crippen LogP contribution in [-0.2, 0) is 11.2 Å². The second-order valence-corrected chi connectivity index (χ2v) is 8.40. The minimum Gasteiger partial charge on any atom is -0.507 e. The standard InChI is InChI=1S/C24H29N3O3/c25-24(30)19-8-6-16(14-22(19)28)7-9-23(29)27-12-10-18(11-13-27)26-21-15-20(21)17-4-2-1-3-5-17/h1-6,8,14,18,20-21,26,28H,7,9-13,15H2,(H2,25,30). The van der Waals surface area contributed by atoms with E-state index in [0.29, 0.717) is 30.8 Å². The van der Waals surface area contributed by atoms with Crippen molar-refractivity contribution in [1.29, 1.82) is 0 Å². The van der Waals surface area contributed by atoms with Crippen molar-refractivity contribution in [2.75, 3.05) is 13.1 Å². The van der Waals surface area contributed by atoms with Gasteiger partial charge in [0.1, 0.15) is 5.75 Å². The monoisotopic (exact) mass is 407 g/mol. The first-order chi connectivity index (χ1) is 14.5. The summed E-state index contributed by atoms with van der Waals surface area (Å²) in [5.41, 5.74) is 7.54. The van der Waals surface area contributed by atoms with Gasteiger partial charge in [-0.1, -0.05) is 36.4 Å². The molecule has 2 aliphatic rings. The van der Waals surface area contributed by atoms with E-state index < -0.39 is 5.91 Å². The quantitative estimate of drug-likeness (QED) is 0.657. The summed E-state index contributed by atoms with van der Waals surface area (Å²) in [5, 5.41) is 13.6. The second kappa shape index (κ2) is 8.88. The normalized spacial score (nSPS) is 21.4. The summed E-state index contributed by atoms with van der Waals surface area (Å²) in [6.07, 6.45) is 4.09. The zero-order valence-electron chi connectivity index (χ0n) is 17.1. The largest absolute Gasteiger partial charge is 0.507 e. The first-order valence-electron chi connectivity index (χ1n) is 10.7. The summed E-state index contributed by atoms with van der Waals surface area (Å²) in [4.78, 5) is 25.7. The fraction of sp³-hybridized carbons (Fsp3) is 0.417. The lowest BCUT2D eigenvalue weighted by Gasteiger charge is -2.33. The van der Waals surface area contributed by atoms with Crippen LogP contribution in [0.2, 0.25) is 0 Å². The molecular weight excluding hydrogens is 378 g/mol. The number of amides is 2. The zero-order chi connectivity index (χ0) is 21.1. The maximum atomic E-state index is 12.6. The van der Waals surface area contributed by atoms with Gasteiger partial charge in [0.2, 0.25) is 5.91 Å².